The molecule has 0 aromatic carbocycles. The van der Waals surface area contributed by atoms with Crippen LogP contribution in [-0.4, -0.2) is 15.5 Å². The van der Waals surface area contributed by atoms with Crippen molar-refractivity contribution in [1.82, 2.24) is 9.55 Å². The van der Waals surface area contributed by atoms with Crippen LogP contribution in [0.4, 0.5) is 5.69 Å². The van der Waals surface area contributed by atoms with Gasteiger partial charge >= 0.3 is 0 Å². The average Bonchev–Trinajstić information content (AvgIpc) is 2.61. The molecule has 0 radical (unpaired) electrons. The molecule has 6 heteroatoms. The van der Waals surface area contributed by atoms with Gasteiger partial charge in [-0.1, -0.05) is 11.6 Å². The van der Waals surface area contributed by atoms with Crippen molar-refractivity contribution >= 4 is 39.1 Å². The number of aromatic nitrogens is 2. The first-order valence-electron chi connectivity index (χ1n) is 4.81. The summed E-state index contributed by atoms with van der Waals surface area (Å²) in [6.07, 6.45) is 3.31. The summed E-state index contributed by atoms with van der Waals surface area (Å²) in [6.45, 7) is 0. The molecule has 88 valence electrons. The predicted octanol–water partition coefficient (Wildman–Crippen LogP) is 3.09. The fourth-order valence-corrected chi connectivity index (χ4v) is 2.01. The summed E-state index contributed by atoms with van der Waals surface area (Å²) >= 11 is 9.08. The van der Waals surface area contributed by atoms with Crippen molar-refractivity contribution in [2.75, 3.05) is 5.32 Å². The van der Waals surface area contributed by atoms with E-state index in [0.717, 1.165) is 0 Å². The molecule has 0 fully saturated rings. The molecule has 0 aliphatic carbocycles. The predicted molar refractivity (Wildman–Crippen MR) is 70.3 cm³/mol. The first kappa shape index (κ1) is 12.1. The Morgan fingerprint density at radius 1 is 1.59 bits per heavy atom. The number of hydrogen-bond donors (Lipinski definition) is 1. The van der Waals surface area contributed by atoms with Gasteiger partial charge in [-0.3, -0.25) is 4.79 Å². The van der Waals surface area contributed by atoms with Crippen LogP contribution < -0.4 is 5.32 Å². The van der Waals surface area contributed by atoms with Crippen molar-refractivity contribution in [3.05, 3.63) is 45.9 Å². The monoisotopic (exact) mass is 313 g/mol. The third kappa shape index (κ3) is 2.68. The lowest BCUT2D eigenvalue weighted by molar-refractivity contribution is 0.101. The summed E-state index contributed by atoms with van der Waals surface area (Å²) in [5, 5.41) is 3.28. The van der Waals surface area contributed by atoms with E-state index in [4.69, 9.17) is 11.6 Å². The van der Waals surface area contributed by atoms with Gasteiger partial charge in [-0.2, -0.15) is 0 Å². The van der Waals surface area contributed by atoms with Crippen LogP contribution in [0.3, 0.4) is 0 Å². The molecule has 2 heterocycles. The number of carbonyl (C=O) groups excluding carboxylic acids is 1. The molecule has 2 aromatic heterocycles. The van der Waals surface area contributed by atoms with Gasteiger partial charge in [0.1, 0.15) is 10.3 Å². The molecule has 0 aliphatic heterocycles. The van der Waals surface area contributed by atoms with E-state index in [1.165, 1.54) is 0 Å². The maximum atomic E-state index is 12.0. The fraction of sp³-hybridized carbons (Fsp3) is 0.0909. The van der Waals surface area contributed by atoms with Gasteiger partial charge < -0.3 is 9.88 Å². The number of aryl methyl sites for hydroxylation is 1. The molecule has 1 N–H and O–H groups in total. The second-order valence-corrected chi connectivity index (χ2v) is 4.64. The minimum Gasteiger partial charge on any atom is -0.345 e. The molecular formula is C11H9BrClN3O. The summed E-state index contributed by atoms with van der Waals surface area (Å²) < 4.78 is 2.26. The van der Waals surface area contributed by atoms with E-state index < -0.39 is 0 Å². The molecule has 0 bridgehead atoms. The Morgan fingerprint density at radius 3 is 2.94 bits per heavy atom. The number of hydrogen-bond acceptors (Lipinski definition) is 2. The highest BCUT2D eigenvalue weighted by Gasteiger charge is 2.12. The topological polar surface area (TPSA) is 46.9 Å². The van der Waals surface area contributed by atoms with Crippen molar-refractivity contribution in [2.45, 2.75) is 0 Å². The van der Waals surface area contributed by atoms with Gasteiger partial charge in [-0.15, -0.1) is 0 Å². The van der Waals surface area contributed by atoms with Crippen molar-refractivity contribution in [3.63, 3.8) is 0 Å². The molecule has 17 heavy (non-hydrogen) atoms. The molecule has 1 amide bonds. The molecule has 0 saturated heterocycles. The molecular weight excluding hydrogens is 305 g/mol. The van der Waals surface area contributed by atoms with Crippen LogP contribution in [-0.2, 0) is 7.05 Å². The van der Waals surface area contributed by atoms with Crippen LogP contribution in [0.15, 0.2) is 35.2 Å². The van der Waals surface area contributed by atoms with Gasteiger partial charge in [0.05, 0.1) is 10.7 Å². The molecule has 2 rings (SSSR count). The van der Waals surface area contributed by atoms with Crippen molar-refractivity contribution in [3.8, 4) is 0 Å². The summed E-state index contributed by atoms with van der Waals surface area (Å²) in [5.74, 6) is -0.229. The Morgan fingerprint density at radius 2 is 2.35 bits per heavy atom. The smallest absolute Gasteiger partial charge is 0.272 e. The highest BCUT2D eigenvalue weighted by molar-refractivity contribution is 9.10. The number of halogens is 2. The number of nitrogens with one attached hydrogen (secondary N) is 1. The Kier molecular flexibility index (Phi) is 3.49. The van der Waals surface area contributed by atoms with E-state index in [1.807, 2.05) is 0 Å². The Labute approximate surface area is 112 Å². The minimum atomic E-state index is -0.229. The normalized spacial score (nSPS) is 10.3. The quantitative estimate of drug-likeness (QED) is 0.866. The summed E-state index contributed by atoms with van der Waals surface area (Å²) in [4.78, 5) is 16.0. The lowest BCUT2D eigenvalue weighted by atomic mass is 10.3. The van der Waals surface area contributed by atoms with Crippen LogP contribution >= 0.6 is 27.5 Å². The second kappa shape index (κ2) is 4.89. The van der Waals surface area contributed by atoms with E-state index in [2.05, 4.69) is 26.2 Å². The zero-order chi connectivity index (χ0) is 12.4. The number of rotatable bonds is 2. The molecule has 0 atom stereocenters. The molecule has 0 unspecified atom stereocenters. The first-order chi connectivity index (χ1) is 8.08. The van der Waals surface area contributed by atoms with Gasteiger partial charge in [0.2, 0.25) is 0 Å². The lowest BCUT2D eigenvalue weighted by Gasteiger charge is -2.06. The van der Waals surface area contributed by atoms with Crippen LogP contribution in [0.5, 0.6) is 0 Å². The Bertz CT molecular complexity index is 568. The molecule has 0 aliphatic rings. The van der Waals surface area contributed by atoms with Crippen molar-refractivity contribution in [1.29, 1.82) is 0 Å². The van der Waals surface area contributed by atoms with E-state index in [0.29, 0.717) is 21.0 Å². The number of pyridine rings is 1. The number of anilines is 1. The summed E-state index contributed by atoms with van der Waals surface area (Å²) in [6, 6.07) is 5.12. The molecule has 0 spiro atoms. The summed E-state index contributed by atoms with van der Waals surface area (Å²) in [7, 11) is 1.76. The van der Waals surface area contributed by atoms with Gasteiger partial charge in [-0.25, -0.2) is 4.98 Å². The molecule has 2 aromatic rings. The Balaban J connectivity index is 2.23. The minimum absolute atomic E-state index is 0.229. The number of nitrogens with zero attached hydrogens (tertiary/aromatic N) is 2. The third-order valence-electron chi connectivity index (χ3n) is 2.21. The van der Waals surface area contributed by atoms with Crippen LogP contribution in [0.25, 0.3) is 0 Å². The van der Waals surface area contributed by atoms with E-state index in [-0.39, 0.29) is 5.91 Å². The maximum Gasteiger partial charge on any atom is 0.272 e. The standard InChI is InChI=1S/C11H9BrClN3O/c1-16-6-7(13)5-9(16)11(17)15-8-3-2-4-14-10(8)12/h2-6H,1H3,(H,15,17). The van der Waals surface area contributed by atoms with E-state index in [9.17, 15) is 4.79 Å². The van der Waals surface area contributed by atoms with Crippen LogP contribution in [0, 0.1) is 0 Å². The van der Waals surface area contributed by atoms with Crippen molar-refractivity contribution < 1.29 is 4.79 Å². The first-order valence-corrected chi connectivity index (χ1v) is 5.99. The average molecular weight is 315 g/mol. The highest BCUT2D eigenvalue weighted by atomic mass is 79.9. The zero-order valence-corrected chi connectivity index (χ0v) is 11.3. The van der Waals surface area contributed by atoms with E-state index in [1.54, 1.807) is 42.2 Å². The van der Waals surface area contributed by atoms with Gasteiger partial charge in [0.25, 0.3) is 5.91 Å². The second-order valence-electron chi connectivity index (χ2n) is 3.45. The molecule has 0 saturated carbocycles. The number of carbonyl (C=O) groups is 1. The molecule has 4 nitrogen and oxygen atoms in total. The number of amides is 1. The van der Waals surface area contributed by atoms with Gasteiger partial charge in [-0.05, 0) is 34.1 Å². The fourth-order valence-electron chi connectivity index (χ4n) is 1.42. The summed E-state index contributed by atoms with van der Waals surface area (Å²) in [5.41, 5.74) is 1.11. The lowest BCUT2D eigenvalue weighted by Crippen LogP contribution is -2.15. The van der Waals surface area contributed by atoms with Gasteiger partial charge in [0.15, 0.2) is 0 Å². The zero-order valence-electron chi connectivity index (χ0n) is 8.95. The van der Waals surface area contributed by atoms with Crippen LogP contribution in [0.1, 0.15) is 10.5 Å². The Hall–Kier alpha value is -1.33. The van der Waals surface area contributed by atoms with E-state index >= 15 is 0 Å². The highest BCUT2D eigenvalue weighted by Crippen LogP contribution is 2.20. The maximum absolute atomic E-state index is 12.0. The van der Waals surface area contributed by atoms with Crippen LogP contribution in [0.2, 0.25) is 5.02 Å². The third-order valence-corrected chi connectivity index (χ3v) is 3.05. The van der Waals surface area contributed by atoms with Gasteiger partial charge in [0, 0.05) is 19.4 Å². The van der Waals surface area contributed by atoms with Crippen molar-refractivity contribution in [2.24, 2.45) is 7.05 Å². The largest absolute Gasteiger partial charge is 0.345 e. The SMILES string of the molecule is Cn1cc(Cl)cc1C(=O)Nc1cccnc1Br.